The van der Waals surface area contributed by atoms with Crippen LogP contribution in [0.15, 0.2) is 121 Å². The number of benzene rings is 4. The van der Waals surface area contributed by atoms with Crippen molar-refractivity contribution in [1.82, 2.24) is 10.6 Å². The Balaban J connectivity index is 1.53. The van der Waals surface area contributed by atoms with E-state index in [4.69, 9.17) is 9.47 Å². The van der Waals surface area contributed by atoms with E-state index in [0.29, 0.717) is 0 Å². The van der Waals surface area contributed by atoms with E-state index in [9.17, 15) is 9.59 Å². The highest BCUT2D eigenvalue weighted by atomic mass is 16.6. The number of hydrogen-bond donors (Lipinski definition) is 2. The van der Waals surface area contributed by atoms with E-state index in [1.165, 1.54) is 0 Å². The summed E-state index contributed by atoms with van der Waals surface area (Å²) in [6.07, 6.45) is -1.18. The molecule has 2 N–H and O–H groups in total. The van der Waals surface area contributed by atoms with E-state index in [-0.39, 0.29) is 13.2 Å². The minimum Gasteiger partial charge on any atom is -0.445 e. The first kappa shape index (κ1) is 24.5. The summed E-state index contributed by atoms with van der Waals surface area (Å²) < 4.78 is 11.0. The molecule has 0 fully saturated rings. The van der Waals surface area contributed by atoms with E-state index < -0.39 is 24.3 Å². The maximum absolute atomic E-state index is 12.9. The number of ether oxygens (including phenoxy) is 2. The van der Waals surface area contributed by atoms with E-state index in [0.717, 1.165) is 22.3 Å². The lowest BCUT2D eigenvalue weighted by atomic mass is 9.93. The zero-order valence-electron chi connectivity index (χ0n) is 19.7. The summed E-state index contributed by atoms with van der Waals surface area (Å²) in [4.78, 5) is 25.7. The summed E-state index contributed by atoms with van der Waals surface area (Å²) in [5, 5.41) is 5.90. The second-order valence-electron chi connectivity index (χ2n) is 8.19. The second-order valence-corrected chi connectivity index (χ2v) is 8.19. The Morgan fingerprint density at radius 3 is 1.14 bits per heavy atom. The SMILES string of the molecule is O=C(N[C@H](c1ccccc1)[C@H](NC(=O)OCc1ccccc1)c1ccccc1)OCc1ccccc1. The Morgan fingerprint density at radius 1 is 0.500 bits per heavy atom. The maximum atomic E-state index is 12.9. The normalized spacial score (nSPS) is 12.1. The summed E-state index contributed by atoms with van der Waals surface area (Å²) in [7, 11) is 0. The van der Waals surface area contributed by atoms with Crippen molar-refractivity contribution < 1.29 is 19.1 Å². The Hall–Kier alpha value is -4.58. The fourth-order valence-corrected chi connectivity index (χ4v) is 3.82. The highest BCUT2D eigenvalue weighted by Crippen LogP contribution is 2.29. The van der Waals surface area contributed by atoms with Gasteiger partial charge in [-0.2, -0.15) is 0 Å². The largest absolute Gasteiger partial charge is 0.445 e. The van der Waals surface area contributed by atoms with E-state index in [1.807, 2.05) is 121 Å². The molecule has 36 heavy (non-hydrogen) atoms. The van der Waals surface area contributed by atoms with Gasteiger partial charge in [-0.15, -0.1) is 0 Å². The van der Waals surface area contributed by atoms with Crippen LogP contribution in [0.5, 0.6) is 0 Å². The van der Waals surface area contributed by atoms with Gasteiger partial charge < -0.3 is 20.1 Å². The summed E-state index contributed by atoms with van der Waals surface area (Å²) >= 11 is 0. The van der Waals surface area contributed by atoms with Crippen LogP contribution in [0.4, 0.5) is 9.59 Å². The van der Waals surface area contributed by atoms with Crippen LogP contribution in [0.3, 0.4) is 0 Å². The van der Waals surface area contributed by atoms with Crippen LogP contribution in [-0.4, -0.2) is 12.2 Å². The van der Waals surface area contributed by atoms with E-state index in [1.54, 1.807) is 0 Å². The van der Waals surface area contributed by atoms with E-state index >= 15 is 0 Å². The number of amides is 2. The molecule has 0 radical (unpaired) electrons. The summed E-state index contributed by atoms with van der Waals surface area (Å²) in [5.74, 6) is 0. The molecular weight excluding hydrogens is 452 g/mol. The Bertz CT molecular complexity index is 1120. The molecule has 6 nitrogen and oxygen atoms in total. The number of rotatable bonds is 9. The lowest BCUT2D eigenvalue weighted by Gasteiger charge is -2.29. The van der Waals surface area contributed by atoms with Crippen LogP contribution in [0.2, 0.25) is 0 Å². The average molecular weight is 481 g/mol. The molecule has 0 aliphatic carbocycles. The zero-order chi connectivity index (χ0) is 25.0. The van der Waals surface area contributed by atoms with Gasteiger partial charge in [-0.25, -0.2) is 9.59 Å². The van der Waals surface area contributed by atoms with Gasteiger partial charge >= 0.3 is 12.2 Å². The van der Waals surface area contributed by atoms with Crippen LogP contribution in [0.1, 0.15) is 34.3 Å². The van der Waals surface area contributed by atoms with Crippen molar-refractivity contribution in [3.05, 3.63) is 144 Å². The minimum absolute atomic E-state index is 0.136. The third-order valence-electron chi connectivity index (χ3n) is 5.62. The van der Waals surface area contributed by atoms with E-state index in [2.05, 4.69) is 10.6 Å². The molecule has 4 aromatic rings. The summed E-state index contributed by atoms with van der Waals surface area (Å²) in [6.45, 7) is 0.271. The van der Waals surface area contributed by atoms with Crippen molar-refractivity contribution >= 4 is 12.2 Å². The van der Waals surface area contributed by atoms with Crippen molar-refractivity contribution in [3.63, 3.8) is 0 Å². The maximum Gasteiger partial charge on any atom is 0.408 e. The first-order chi connectivity index (χ1) is 17.7. The van der Waals surface area contributed by atoms with Crippen LogP contribution < -0.4 is 10.6 Å². The fourth-order valence-electron chi connectivity index (χ4n) is 3.82. The zero-order valence-corrected chi connectivity index (χ0v) is 19.7. The second kappa shape index (κ2) is 12.8. The molecule has 4 rings (SSSR count). The van der Waals surface area contributed by atoms with Crippen LogP contribution in [0.25, 0.3) is 0 Å². The summed E-state index contributed by atoms with van der Waals surface area (Å²) in [6, 6.07) is 36.6. The molecule has 2 atom stereocenters. The molecule has 0 spiro atoms. The van der Waals surface area contributed by atoms with Crippen molar-refractivity contribution in [1.29, 1.82) is 0 Å². The molecule has 0 bridgehead atoms. The average Bonchev–Trinajstić information content (AvgIpc) is 2.95. The molecule has 0 heterocycles. The predicted molar refractivity (Wildman–Crippen MR) is 138 cm³/mol. The van der Waals surface area contributed by atoms with Gasteiger partial charge in [0.05, 0.1) is 12.1 Å². The number of alkyl carbamates (subject to hydrolysis) is 2. The molecule has 0 saturated heterocycles. The van der Waals surface area contributed by atoms with Gasteiger partial charge in [-0.1, -0.05) is 121 Å². The van der Waals surface area contributed by atoms with Crippen LogP contribution in [-0.2, 0) is 22.7 Å². The molecule has 0 aliphatic heterocycles. The van der Waals surface area contributed by atoms with Gasteiger partial charge in [0.2, 0.25) is 0 Å². The van der Waals surface area contributed by atoms with Gasteiger partial charge in [0, 0.05) is 0 Å². The number of nitrogens with one attached hydrogen (secondary N) is 2. The molecule has 0 aromatic heterocycles. The molecule has 182 valence electrons. The summed E-state index contributed by atoms with van der Waals surface area (Å²) in [5.41, 5.74) is 3.38. The molecule has 0 unspecified atom stereocenters. The van der Waals surface area contributed by atoms with Gasteiger partial charge in [0.1, 0.15) is 13.2 Å². The third kappa shape index (κ3) is 7.21. The van der Waals surface area contributed by atoms with Gasteiger partial charge in [-0.05, 0) is 22.3 Å². The first-order valence-electron chi connectivity index (χ1n) is 11.7. The first-order valence-corrected chi connectivity index (χ1v) is 11.7. The van der Waals surface area contributed by atoms with Crippen molar-refractivity contribution in [2.45, 2.75) is 25.3 Å². The quantitative estimate of drug-likeness (QED) is 0.294. The molecule has 0 aliphatic rings. The van der Waals surface area contributed by atoms with Crippen LogP contribution in [0, 0.1) is 0 Å². The van der Waals surface area contributed by atoms with Crippen molar-refractivity contribution in [3.8, 4) is 0 Å². The Morgan fingerprint density at radius 2 is 0.806 bits per heavy atom. The number of hydrogen-bond acceptors (Lipinski definition) is 4. The van der Waals surface area contributed by atoms with Gasteiger partial charge in [-0.3, -0.25) is 0 Å². The molecular formula is C30H28N2O4. The Kier molecular flexibility index (Phi) is 8.70. The molecule has 6 heteroatoms. The Labute approximate surface area is 210 Å². The third-order valence-corrected chi connectivity index (χ3v) is 5.62. The van der Waals surface area contributed by atoms with Gasteiger partial charge in [0.15, 0.2) is 0 Å². The lowest BCUT2D eigenvalue weighted by Crippen LogP contribution is -2.41. The number of carbonyl (C=O) groups excluding carboxylic acids is 2. The predicted octanol–water partition coefficient (Wildman–Crippen LogP) is 6.32. The number of carbonyl (C=O) groups is 2. The minimum atomic E-state index is -0.610. The topological polar surface area (TPSA) is 76.7 Å². The lowest BCUT2D eigenvalue weighted by molar-refractivity contribution is 0.123. The standard InChI is InChI=1S/C30H28N2O4/c33-29(35-21-23-13-5-1-6-14-23)31-27(25-17-9-3-10-18-25)28(26-19-11-4-12-20-26)32-30(34)36-22-24-15-7-2-8-16-24/h1-20,27-28H,21-22H2,(H,31,33)(H,32,34)/t27-,28-/m1/s1. The van der Waals surface area contributed by atoms with Gasteiger partial charge in [0.25, 0.3) is 0 Å². The van der Waals surface area contributed by atoms with Crippen molar-refractivity contribution in [2.75, 3.05) is 0 Å². The fraction of sp³-hybridized carbons (Fsp3) is 0.133. The highest BCUT2D eigenvalue weighted by Gasteiger charge is 2.29. The smallest absolute Gasteiger partial charge is 0.408 e. The monoisotopic (exact) mass is 480 g/mol. The van der Waals surface area contributed by atoms with Crippen molar-refractivity contribution in [2.24, 2.45) is 0 Å². The molecule has 4 aromatic carbocycles. The molecule has 0 saturated carbocycles. The van der Waals surface area contributed by atoms with Crippen LogP contribution >= 0.6 is 0 Å². The molecule has 2 amide bonds. The highest BCUT2D eigenvalue weighted by molar-refractivity contribution is 5.70.